The predicted molar refractivity (Wildman–Crippen MR) is 130 cm³/mol. The van der Waals surface area contributed by atoms with Crippen molar-refractivity contribution in [1.82, 2.24) is 18.6 Å². The van der Waals surface area contributed by atoms with Crippen LogP contribution in [0.15, 0.2) is 60.5 Å². The molecule has 0 aromatic carbocycles. The summed E-state index contributed by atoms with van der Waals surface area (Å²) in [6, 6.07) is 2.97. The number of nitrogens with two attached hydrogens (primary N) is 1. The van der Waals surface area contributed by atoms with E-state index >= 15 is 0 Å². The summed E-state index contributed by atoms with van der Waals surface area (Å²) in [5.41, 5.74) is 6.04. The SMILES string of the molecule is CN(CCC(N)=NO)C(=O)n1ccc(N(C)C(=O)n2ccc(N(C)C(=O)n3ccc([N+](=O)[O-])c3)c2)c1. The highest BCUT2D eigenvalue weighted by molar-refractivity contribution is 5.96. The largest absolute Gasteiger partial charge is 0.409 e. The van der Waals surface area contributed by atoms with E-state index in [1.807, 2.05) is 0 Å². The fraction of sp³-hybridized carbons (Fsp3) is 0.238. The Morgan fingerprint density at radius 2 is 1.39 bits per heavy atom. The molecule has 0 spiro atoms. The Kier molecular flexibility index (Phi) is 7.42. The van der Waals surface area contributed by atoms with Crippen molar-refractivity contribution in [3.63, 3.8) is 0 Å². The normalized spacial score (nSPS) is 11.2. The quantitative estimate of drug-likeness (QED) is 0.172. The zero-order valence-electron chi connectivity index (χ0n) is 19.8. The average molecular weight is 499 g/mol. The molecule has 0 bridgehead atoms. The molecular weight excluding hydrogens is 474 g/mol. The maximum absolute atomic E-state index is 13.0. The first-order valence-electron chi connectivity index (χ1n) is 10.5. The number of nitro groups is 1. The summed E-state index contributed by atoms with van der Waals surface area (Å²) in [6.45, 7) is 0.228. The molecule has 15 heteroatoms. The number of nitrogens with zero attached hydrogens (tertiary/aromatic N) is 8. The highest BCUT2D eigenvalue weighted by Gasteiger charge is 2.21. The van der Waals surface area contributed by atoms with Crippen LogP contribution in [0.4, 0.5) is 31.4 Å². The van der Waals surface area contributed by atoms with E-state index in [9.17, 15) is 24.5 Å². The number of oxime groups is 1. The summed E-state index contributed by atoms with van der Waals surface area (Å²) in [5.74, 6) is 0.00119. The minimum absolute atomic E-state index is 0.00119. The summed E-state index contributed by atoms with van der Waals surface area (Å²) in [5, 5.41) is 22.3. The number of aromatic nitrogens is 3. The van der Waals surface area contributed by atoms with Crippen LogP contribution in [0.2, 0.25) is 0 Å². The van der Waals surface area contributed by atoms with Gasteiger partial charge in [-0.25, -0.2) is 14.4 Å². The van der Waals surface area contributed by atoms with Crippen molar-refractivity contribution in [2.24, 2.45) is 10.9 Å². The smallest absolute Gasteiger partial charge is 0.332 e. The van der Waals surface area contributed by atoms with Gasteiger partial charge in [0.1, 0.15) is 5.84 Å². The molecule has 3 heterocycles. The van der Waals surface area contributed by atoms with Crippen LogP contribution in [0, 0.1) is 10.1 Å². The first-order chi connectivity index (χ1) is 17.0. The third-order valence-corrected chi connectivity index (χ3v) is 5.41. The lowest BCUT2D eigenvalue weighted by molar-refractivity contribution is -0.384. The van der Waals surface area contributed by atoms with E-state index in [1.165, 1.54) is 75.0 Å². The molecule has 0 saturated heterocycles. The van der Waals surface area contributed by atoms with Crippen LogP contribution in [0.1, 0.15) is 6.42 Å². The molecule has 36 heavy (non-hydrogen) atoms. The molecule has 0 unspecified atom stereocenters. The van der Waals surface area contributed by atoms with Crippen LogP contribution < -0.4 is 15.5 Å². The molecule has 3 aromatic heterocycles. The number of anilines is 2. The van der Waals surface area contributed by atoms with Crippen LogP contribution in [-0.4, -0.2) is 80.3 Å². The molecule has 0 aliphatic heterocycles. The molecule has 0 fully saturated rings. The Bertz CT molecular complexity index is 1320. The van der Waals surface area contributed by atoms with Gasteiger partial charge in [-0.05, 0) is 12.1 Å². The minimum Gasteiger partial charge on any atom is -0.409 e. The molecule has 3 amide bonds. The fourth-order valence-electron chi connectivity index (χ4n) is 3.21. The number of rotatable bonds is 6. The maximum Gasteiger partial charge on any atom is 0.332 e. The van der Waals surface area contributed by atoms with Crippen molar-refractivity contribution in [2.45, 2.75) is 6.42 Å². The van der Waals surface area contributed by atoms with E-state index in [0.717, 1.165) is 10.8 Å². The summed E-state index contributed by atoms with van der Waals surface area (Å²) >= 11 is 0. The van der Waals surface area contributed by atoms with Crippen molar-refractivity contribution in [1.29, 1.82) is 0 Å². The second kappa shape index (κ2) is 10.5. The molecule has 190 valence electrons. The molecule has 3 N–H and O–H groups in total. The average Bonchev–Trinajstić information content (AvgIpc) is 3.65. The summed E-state index contributed by atoms with van der Waals surface area (Å²) < 4.78 is 3.64. The van der Waals surface area contributed by atoms with Gasteiger partial charge < -0.3 is 15.8 Å². The number of carbonyl (C=O) groups is 3. The third kappa shape index (κ3) is 5.35. The first kappa shape index (κ1) is 25.5. The number of hydrogen-bond acceptors (Lipinski definition) is 7. The maximum atomic E-state index is 13.0. The molecule has 0 saturated carbocycles. The predicted octanol–water partition coefficient (Wildman–Crippen LogP) is 2.24. The molecule has 15 nitrogen and oxygen atoms in total. The molecule has 3 rings (SSSR count). The van der Waals surface area contributed by atoms with Crippen molar-refractivity contribution in [3.8, 4) is 0 Å². The fourth-order valence-corrected chi connectivity index (χ4v) is 3.21. The van der Waals surface area contributed by atoms with E-state index in [1.54, 1.807) is 19.2 Å². The van der Waals surface area contributed by atoms with E-state index in [0.29, 0.717) is 11.4 Å². The summed E-state index contributed by atoms with van der Waals surface area (Å²) in [6.07, 6.45) is 8.49. The van der Waals surface area contributed by atoms with Gasteiger partial charge in [-0.15, -0.1) is 0 Å². The van der Waals surface area contributed by atoms with Gasteiger partial charge in [0.15, 0.2) is 0 Å². The Morgan fingerprint density at radius 1 is 0.917 bits per heavy atom. The molecule has 0 aliphatic rings. The van der Waals surface area contributed by atoms with Gasteiger partial charge in [-0.1, -0.05) is 5.16 Å². The van der Waals surface area contributed by atoms with E-state index in [4.69, 9.17) is 10.9 Å². The molecule has 0 radical (unpaired) electrons. The Labute approximate surface area is 204 Å². The third-order valence-electron chi connectivity index (χ3n) is 5.41. The molecule has 0 aliphatic carbocycles. The van der Waals surface area contributed by atoms with Crippen LogP contribution in [0.3, 0.4) is 0 Å². The van der Waals surface area contributed by atoms with Crippen LogP contribution in [0.25, 0.3) is 0 Å². The molecular formula is C21H25N9O6. The highest BCUT2D eigenvalue weighted by Crippen LogP contribution is 2.20. The lowest BCUT2D eigenvalue weighted by Crippen LogP contribution is -2.33. The van der Waals surface area contributed by atoms with Gasteiger partial charge in [0.05, 0.1) is 22.5 Å². The summed E-state index contributed by atoms with van der Waals surface area (Å²) in [7, 11) is 4.57. The topological polar surface area (TPSA) is 177 Å². The van der Waals surface area contributed by atoms with Crippen molar-refractivity contribution >= 4 is 41.0 Å². The van der Waals surface area contributed by atoms with Crippen LogP contribution in [0.5, 0.6) is 0 Å². The zero-order valence-corrected chi connectivity index (χ0v) is 19.8. The van der Waals surface area contributed by atoms with Crippen LogP contribution in [-0.2, 0) is 0 Å². The molecule has 0 atom stereocenters. The van der Waals surface area contributed by atoms with Gasteiger partial charge in [0.25, 0.3) is 5.69 Å². The van der Waals surface area contributed by atoms with Crippen molar-refractivity contribution in [3.05, 3.63) is 65.5 Å². The van der Waals surface area contributed by atoms with Crippen molar-refractivity contribution in [2.75, 3.05) is 37.5 Å². The van der Waals surface area contributed by atoms with Crippen LogP contribution >= 0.6 is 0 Å². The van der Waals surface area contributed by atoms with E-state index in [2.05, 4.69) is 5.16 Å². The number of amides is 3. The lowest BCUT2D eigenvalue weighted by Gasteiger charge is -2.18. The minimum atomic E-state index is -0.602. The molecule has 3 aromatic rings. The number of amidine groups is 1. The standard InChI is InChI=1S/C21H25N9O6/c1-24(8-7-18(22)23-34)19(31)27-9-4-15(12-27)25(2)20(32)28-10-5-16(13-28)26(3)21(33)29-11-6-17(14-29)30(35)36/h4-6,9-14,34H,7-8H2,1-3H3,(H2,22,23). The Morgan fingerprint density at radius 3 is 1.86 bits per heavy atom. The second-order valence-electron chi connectivity index (χ2n) is 7.82. The first-order valence-corrected chi connectivity index (χ1v) is 10.5. The number of hydrogen-bond donors (Lipinski definition) is 2. The van der Waals surface area contributed by atoms with E-state index < -0.39 is 17.0 Å². The van der Waals surface area contributed by atoms with Gasteiger partial charge in [0.2, 0.25) is 0 Å². The zero-order chi connectivity index (χ0) is 26.6. The van der Waals surface area contributed by atoms with E-state index in [-0.39, 0.29) is 30.5 Å². The van der Waals surface area contributed by atoms with Gasteiger partial charge in [-0.2, -0.15) is 0 Å². The van der Waals surface area contributed by atoms with Crippen molar-refractivity contribution < 1.29 is 24.5 Å². The summed E-state index contributed by atoms with van der Waals surface area (Å²) in [4.78, 5) is 52.4. The Hall–Kier alpha value is -5.08. The lowest BCUT2D eigenvalue weighted by atomic mass is 10.4. The Balaban J connectivity index is 1.67. The van der Waals surface area contributed by atoms with Gasteiger partial charge >= 0.3 is 18.1 Å². The monoisotopic (exact) mass is 499 g/mol. The van der Waals surface area contributed by atoms with Gasteiger partial charge in [0, 0.05) is 71.2 Å². The highest BCUT2D eigenvalue weighted by atomic mass is 16.6. The number of carbonyl (C=O) groups excluding carboxylic acids is 3. The second-order valence-corrected chi connectivity index (χ2v) is 7.82. The van der Waals surface area contributed by atoms with Gasteiger partial charge in [-0.3, -0.25) is 33.6 Å².